The number of thioether (sulfide) groups is 1. The molecule has 14 heavy (non-hydrogen) atoms. The number of hydrogen-bond donors (Lipinski definition) is 0. The summed E-state index contributed by atoms with van der Waals surface area (Å²) in [7, 11) is 0. The van der Waals surface area contributed by atoms with Crippen molar-refractivity contribution in [2.24, 2.45) is 0 Å². The molecule has 2 rings (SSSR count). The Labute approximate surface area is 86.5 Å². The Bertz CT molecular complexity index is 400. The van der Waals surface area contributed by atoms with Crippen LogP contribution in [0.1, 0.15) is 11.3 Å². The maximum Gasteiger partial charge on any atom is 0.137 e. The molecule has 0 saturated heterocycles. The SMILES string of the molecule is Cc1oncc1CSc1ccncc1. The Kier molecular flexibility index (Phi) is 2.84. The van der Waals surface area contributed by atoms with E-state index in [1.165, 1.54) is 4.90 Å². The first-order chi connectivity index (χ1) is 6.86. The standard InChI is InChI=1S/C10H10N2OS/c1-8-9(6-12-13-8)7-14-10-2-4-11-5-3-10/h2-6H,7H2,1H3. The molecule has 0 aliphatic carbocycles. The van der Waals surface area contributed by atoms with Crippen molar-refractivity contribution in [3.63, 3.8) is 0 Å². The van der Waals surface area contributed by atoms with Crippen molar-refractivity contribution in [2.45, 2.75) is 17.6 Å². The van der Waals surface area contributed by atoms with Gasteiger partial charge in [-0.1, -0.05) is 5.16 Å². The van der Waals surface area contributed by atoms with Gasteiger partial charge in [-0.2, -0.15) is 0 Å². The largest absolute Gasteiger partial charge is 0.361 e. The fourth-order valence-corrected chi connectivity index (χ4v) is 1.97. The molecule has 0 saturated carbocycles. The fraction of sp³-hybridized carbons (Fsp3) is 0.200. The van der Waals surface area contributed by atoms with Gasteiger partial charge in [-0.25, -0.2) is 0 Å². The molecule has 0 fully saturated rings. The summed E-state index contributed by atoms with van der Waals surface area (Å²) in [6.07, 6.45) is 5.36. The molecule has 0 aliphatic heterocycles. The molecule has 0 atom stereocenters. The van der Waals surface area contributed by atoms with Crippen LogP contribution in [0, 0.1) is 6.92 Å². The van der Waals surface area contributed by atoms with E-state index in [0.29, 0.717) is 0 Å². The second-order valence-corrected chi connectivity index (χ2v) is 3.93. The number of rotatable bonds is 3. The molecule has 3 nitrogen and oxygen atoms in total. The second-order valence-electron chi connectivity index (χ2n) is 2.88. The average molecular weight is 206 g/mol. The fourth-order valence-electron chi connectivity index (χ4n) is 1.05. The van der Waals surface area contributed by atoms with Crippen molar-refractivity contribution in [2.75, 3.05) is 0 Å². The van der Waals surface area contributed by atoms with E-state index in [9.17, 15) is 0 Å². The molecule has 0 radical (unpaired) electrons. The normalized spacial score (nSPS) is 10.4. The summed E-state index contributed by atoms with van der Waals surface area (Å²) < 4.78 is 4.98. The summed E-state index contributed by atoms with van der Waals surface area (Å²) in [6.45, 7) is 1.93. The highest BCUT2D eigenvalue weighted by Gasteiger charge is 2.02. The lowest BCUT2D eigenvalue weighted by Gasteiger charge is -1.98. The molecule has 2 aromatic heterocycles. The number of aromatic nitrogens is 2. The maximum absolute atomic E-state index is 4.98. The van der Waals surface area contributed by atoms with Crippen LogP contribution in [0.4, 0.5) is 0 Å². The van der Waals surface area contributed by atoms with Gasteiger partial charge in [-0.3, -0.25) is 4.98 Å². The van der Waals surface area contributed by atoms with Crippen LogP contribution in [0.3, 0.4) is 0 Å². The van der Waals surface area contributed by atoms with Gasteiger partial charge in [0, 0.05) is 28.6 Å². The third-order valence-electron chi connectivity index (χ3n) is 1.89. The Morgan fingerprint density at radius 2 is 2.14 bits per heavy atom. The third kappa shape index (κ3) is 2.14. The lowest BCUT2D eigenvalue weighted by Crippen LogP contribution is -1.80. The lowest BCUT2D eigenvalue weighted by molar-refractivity contribution is 0.396. The van der Waals surface area contributed by atoms with Gasteiger partial charge >= 0.3 is 0 Å². The number of nitrogens with zero attached hydrogens (tertiary/aromatic N) is 2. The van der Waals surface area contributed by atoms with Gasteiger partial charge in [0.25, 0.3) is 0 Å². The van der Waals surface area contributed by atoms with Crippen molar-refractivity contribution in [1.29, 1.82) is 0 Å². The molecule has 0 spiro atoms. The Balaban J connectivity index is 1.99. The molecule has 0 amide bonds. The predicted molar refractivity (Wildman–Crippen MR) is 55.0 cm³/mol. The zero-order valence-corrected chi connectivity index (χ0v) is 8.62. The molecule has 0 aromatic carbocycles. The first-order valence-corrected chi connectivity index (χ1v) is 5.28. The zero-order chi connectivity index (χ0) is 9.80. The Morgan fingerprint density at radius 3 is 2.79 bits per heavy atom. The molecular formula is C10H10N2OS. The van der Waals surface area contributed by atoms with Crippen molar-refractivity contribution < 1.29 is 4.52 Å². The minimum Gasteiger partial charge on any atom is -0.361 e. The van der Waals surface area contributed by atoms with Crippen LogP contribution in [0.5, 0.6) is 0 Å². The smallest absolute Gasteiger partial charge is 0.137 e. The molecule has 0 bridgehead atoms. The minimum atomic E-state index is 0.888. The van der Waals surface area contributed by atoms with Gasteiger partial charge in [-0.05, 0) is 19.1 Å². The van der Waals surface area contributed by atoms with Crippen molar-refractivity contribution in [3.8, 4) is 0 Å². The van der Waals surface area contributed by atoms with E-state index < -0.39 is 0 Å². The van der Waals surface area contributed by atoms with Gasteiger partial charge in [0.05, 0.1) is 6.20 Å². The number of aryl methyl sites for hydroxylation is 1. The molecule has 0 N–H and O–H groups in total. The van der Waals surface area contributed by atoms with Crippen molar-refractivity contribution in [3.05, 3.63) is 42.0 Å². The van der Waals surface area contributed by atoms with Gasteiger partial charge in [0.2, 0.25) is 0 Å². The van der Waals surface area contributed by atoms with Crippen LogP contribution in [-0.2, 0) is 5.75 Å². The van der Waals surface area contributed by atoms with Gasteiger partial charge in [0.1, 0.15) is 5.76 Å². The highest BCUT2D eigenvalue weighted by atomic mass is 32.2. The molecule has 72 valence electrons. The van der Waals surface area contributed by atoms with E-state index in [-0.39, 0.29) is 0 Å². The van der Waals surface area contributed by atoms with E-state index in [0.717, 1.165) is 17.1 Å². The Morgan fingerprint density at radius 1 is 1.36 bits per heavy atom. The van der Waals surface area contributed by atoms with E-state index in [4.69, 9.17) is 4.52 Å². The predicted octanol–water partition coefficient (Wildman–Crippen LogP) is 2.67. The molecule has 2 aromatic rings. The zero-order valence-electron chi connectivity index (χ0n) is 7.80. The van der Waals surface area contributed by atoms with Crippen LogP contribution in [-0.4, -0.2) is 10.1 Å². The van der Waals surface area contributed by atoms with Crippen molar-refractivity contribution in [1.82, 2.24) is 10.1 Å². The van der Waals surface area contributed by atoms with Gasteiger partial charge in [-0.15, -0.1) is 11.8 Å². The van der Waals surface area contributed by atoms with Crippen LogP contribution < -0.4 is 0 Å². The first kappa shape index (κ1) is 9.27. The summed E-state index contributed by atoms with van der Waals surface area (Å²) >= 11 is 1.75. The molecule has 2 heterocycles. The van der Waals surface area contributed by atoms with Crippen LogP contribution in [0.15, 0.2) is 40.1 Å². The third-order valence-corrected chi connectivity index (χ3v) is 2.96. The number of hydrogen-bond acceptors (Lipinski definition) is 4. The maximum atomic E-state index is 4.98. The van der Waals surface area contributed by atoms with Gasteiger partial charge in [0.15, 0.2) is 0 Å². The van der Waals surface area contributed by atoms with Gasteiger partial charge < -0.3 is 4.52 Å². The summed E-state index contributed by atoms with van der Waals surface area (Å²) in [5, 5.41) is 3.73. The number of pyridine rings is 1. The molecule has 0 aliphatic rings. The summed E-state index contributed by atoms with van der Waals surface area (Å²) in [4.78, 5) is 5.17. The Hall–Kier alpha value is -1.29. The monoisotopic (exact) mass is 206 g/mol. The van der Waals surface area contributed by atoms with Crippen LogP contribution in [0.25, 0.3) is 0 Å². The average Bonchev–Trinajstić information content (AvgIpc) is 2.63. The summed E-state index contributed by atoms with van der Waals surface area (Å²) in [6, 6.07) is 3.99. The highest BCUT2D eigenvalue weighted by Crippen LogP contribution is 2.22. The highest BCUT2D eigenvalue weighted by molar-refractivity contribution is 7.98. The molecule has 4 heteroatoms. The minimum absolute atomic E-state index is 0.888. The topological polar surface area (TPSA) is 38.9 Å². The second kappa shape index (κ2) is 4.28. The summed E-state index contributed by atoms with van der Waals surface area (Å²) in [5.41, 5.74) is 1.15. The quantitative estimate of drug-likeness (QED) is 0.724. The van der Waals surface area contributed by atoms with Crippen LogP contribution in [0.2, 0.25) is 0 Å². The van der Waals surface area contributed by atoms with Crippen molar-refractivity contribution >= 4 is 11.8 Å². The lowest BCUT2D eigenvalue weighted by atomic mass is 10.3. The van der Waals surface area contributed by atoms with E-state index in [2.05, 4.69) is 10.1 Å². The van der Waals surface area contributed by atoms with E-state index in [1.54, 1.807) is 30.4 Å². The first-order valence-electron chi connectivity index (χ1n) is 4.29. The molecular weight excluding hydrogens is 196 g/mol. The van der Waals surface area contributed by atoms with E-state index >= 15 is 0 Å². The molecule has 0 unspecified atom stereocenters. The van der Waals surface area contributed by atoms with E-state index in [1.807, 2.05) is 19.1 Å². The summed E-state index contributed by atoms with van der Waals surface area (Å²) in [5.74, 6) is 1.78. The van der Waals surface area contributed by atoms with Crippen LogP contribution >= 0.6 is 11.8 Å².